The number of hydrogen-bond donors (Lipinski definition) is 2. The molecule has 0 unspecified atom stereocenters. The molecular formula is C20H34N4O4S. The van der Waals surface area contributed by atoms with Crippen LogP contribution in [-0.2, 0) is 19.6 Å². The Morgan fingerprint density at radius 2 is 1.72 bits per heavy atom. The number of nitrogens with one attached hydrogen (secondary N) is 2. The van der Waals surface area contributed by atoms with E-state index in [9.17, 15) is 13.2 Å². The van der Waals surface area contributed by atoms with E-state index in [2.05, 4.69) is 21.7 Å². The average molecular weight is 427 g/mol. The number of methoxy groups -OCH3 is 1. The smallest absolute Gasteiger partial charge is 0.341 e. The molecule has 9 heteroatoms. The van der Waals surface area contributed by atoms with Gasteiger partial charge in [-0.1, -0.05) is 19.3 Å². The summed E-state index contributed by atoms with van der Waals surface area (Å²) in [4.78, 5) is 18.5. The van der Waals surface area contributed by atoms with Crippen molar-refractivity contribution >= 4 is 22.7 Å². The number of esters is 1. The summed E-state index contributed by atoms with van der Waals surface area (Å²) in [5, 5.41) is 3.79. The molecule has 1 aliphatic carbocycles. The van der Waals surface area contributed by atoms with Gasteiger partial charge in [-0.25, -0.2) is 18.2 Å². The Labute approximate surface area is 174 Å². The summed E-state index contributed by atoms with van der Waals surface area (Å²) >= 11 is 0. The van der Waals surface area contributed by atoms with Crippen molar-refractivity contribution in [3.05, 3.63) is 23.2 Å². The molecule has 164 valence electrons. The lowest BCUT2D eigenvalue weighted by Gasteiger charge is -2.37. The first-order chi connectivity index (χ1) is 13.7. The Morgan fingerprint density at radius 1 is 1.14 bits per heavy atom. The number of sulfonamides is 1. The Hall–Kier alpha value is -1.87. The van der Waals surface area contributed by atoms with E-state index in [1.807, 2.05) is 4.90 Å². The Bertz CT molecular complexity index is 746. The lowest BCUT2D eigenvalue weighted by molar-refractivity contribution is -0.135. The van der Waals surface area contributed by atoms with Gasteiger partial charge in [-0.2, -0.15) is 0 Å². The second-order valence-electron chi connectivity index (χ2n) is 7.85. The zero-order chi connectivity index (χ0) is 21.4. The van der Waals surface area contributed by atoms with Crippen LogP contribution in [0.1, 0.15) is 51.9 Å². The molecule has 0 spiro atoms. The third-order valence-electron chi connectivity index (χ3n) is 5.37. The Balaban J connectivity index is 2.12. The van der Waals surface area contributed by atoms with Gasteiger partial charge in [0.25, 0.3) is 0 Å². The minimum atomic E-state index is -3.44. The summed E-state index contributed by atoms with van der Waals surface area (Å²) in [5.74, 6) is -0.160. The van der Waals surface area contributed by atoms with Gasteiger partial charge in [0, 0.05) is 30.9 Å². The highest BCUT2D eigenvalue weighted by atomic mass is 32.2. The number of nitrogens with zero attached hydrogens (tertiary/aromatic N) is 2. The van der Waals surface area contributed by atoms with Crippen LogP contribution in [0.5, 0.6) is 0 Å². The maximum absolute atomic E-state index is 12.4. The molecule has 0 amide bonds. The quantitative estimate of drug-likeness (QED) is 0.266. The van der Waals surface area contributed by atoms with Gasteiger partial charge in [-0.15, -0.1) is 0 Å². The van der Waals surface area contributed by atoms with Crippen molar-refractivity contribution in [2.75, 3.05) is 26.5 Å². The van der Waals surface area contributed by atoms with Gasteiger partial charge in [-0.05, 0) is 45.4 Å². The molecule has 0 aromatic rings. The van der Waals surface area contributed by atoms with E-state index in [-0.39, 0.29) is 5.57 Å². The first kappa shape index (κ1) is 23.4. The van der Waals surface area contributed by atoms with Gasteiger partial charge in [0.05, 0.1) is 13.4 Å². The molecule has 0 radical (unpaired) electrons. The molecule has 29 heavy (non-hydrogen) atoms. The van der Waals surface area contributed by atoms with E-state index < -0.39 is 16.0 Å². The normalized spacial score (nSPS) is 20.8. The second kappa shape index (κ2) is 10.8. The molecule has 2 fully saturated rings. The molecule has 8 nitrogen and oxygen atoms in total. The van der Waals surface area contributed by atoms with Crippen LogP contribution in [0.2, 0.25) is 0 Å². The number of aliphatic imine (C=N–C) groups is 1. The summed E-state index contributed by atoms with van der Waals surface area (Å²) in [7, 11) is -2.15. The molecule has 0 atom stereocenters. The molecule has 1 heterocycles. The molecule has 0 aromatic heterocycles. The Morgan fingerprint density at radius 3 is 2.24 bits per heavy atom. The number of hydrogen-bond acceptors (Lipinski definition) is 7. The van der Waals surface area contributed by atoms with Crippen molar-refractivity contribution in [1.82, 2.24) is 14.9 Å². The molecule has 2 rings (SSSR count). The standard InChI is InChI=1S/C20H34N4O4S/c1-15(23-29(4,26)27)14-18(20(25)28-3)19(21-2)24-12-10-17(11-13-24)22-16-8-6-5-7-9-16/h14,16-17,22-23H,2,5-13H2,1,3-4H3/b15-14+,19-18-. The molecule has 0 bridgehead atoms. The maximum Gasteiger partial charge on any atom is 0.341 e. The summed E-state index contributed by atoms with van der Waals surface area (Å²) in [6.07, 6.45) is 10.9. The van der Waals surface area contributed by atoms with E-state index in [1.54, 1.807) is 6.92 Å². The molecule has 1 saturated heterocycles. The fraction of sp³-hybridized carbons (Fsp3) is 0.700. The van der Waals surface area contributed by atoms with Crippen LogP contribution in [0.3, 0.4) is 0 Å². The second-order valence-corrected chi connectivity index (χ2v) is 9.60. The number of carbonyl (C=O) groups is 1. The van der Waals surface area contributed by atoms with Crippen LogP contribution in [-0.4, -0.2) is 64.5 Å². The molecular weight excluding hydrogens is 392 g/mol. The van der Waals surface area contributed by atoms with Crippen molar-refractivity contribution in [2.24, 2.45) is 4.99 Å². The summed E-state index contributed by atoms with van der Waals surface area (Å²) in [5.41, 5.74) is 0.498. The average Bonchev–Trinajstić information content (AvgIpc) is 2.68. The van der Waals surface area contributed by atoms with Crippen LogP contribution in [0.15, 0.2) is 28.2 Å². The molecule has 1 aliphatic heterocycles. The van der Waals surface area contributed by atoms with Crippen molar-refractivity contribution in [1.29, 1.82) is 0 Å². The van der Waals surface area contributed by atoms with Crippen LogP contribution < -0.4 is 10.0 Å². The molecule has 1 saturated carbocycles. The van der Waals surface area contributed by atoms with E-state index in [1.165, 1.54) is 45.3 Å². The van der Waals surface area contributed by atoms with Gasteiger partial charge in [-0.3, -0.25) is 4.72 Å². The zero-order valence-electron chi connectivity index (χ0n) is 17.7. The first-order valence-electron chi connectivity index (χ1n) is 10.2. The van der Waals surface area contributed by atoms with Crippen molar-refractivity contribution < 1.29 is 17.9 Å². The van der Waals surface area contributed by atoms with Gasteiger partial charge in [0.2, 0.25) is 10.0 Å². The minimum Gasteiger partial charge on any atom is -0.465 e. The molecule has 2 aliphatic rings. The number of allylic oxidation sites excluding steroid dienone is 1. The van der Waals surface area contributed by atoms with E-state index in [0.29, 0.717) is 23.6 Å². The van der Waals surface area contributed by atoms with Crippen LogP contribution in [0, 0.1) is 0 Å². The van der Waals surface area contributed by atoms with E-state index in [4.69, 9.17) is 4.74 Å². The van der Waals surface area contributed by atoms with Gasteiger partial charge in [0.1, 0.15) is 11.4 Å². The molecule has 2 N–H and O–H groups in total. The SMILES string of the molecule is C=N/C(=C(\C=C(/C)NS(C)(=O)=O)C(=O)OC)N1CCC(NC2CCCCC2)CC1. The first-order valence-corrected chi connectivity index (χ1v) is 12.1. The zero-order valence-corrected chi connectivity index (χ0v) is 18.6. The number of carbonyl (C=O) groups excluding carboxylic acids is 1. The minimum absolute atomic E-state index is 0.190. The predicted molar refractivity (Wildman–Crippen MR) is 115 cm³/mol. The fourth-order valence-corrected chi connectivity index (χ4v) is 4.72. The van der Waals surface area contributed by atoms with Crippen molar-refractivity contribution in [3.63, 3.8) is 0 Å². The van der Waals surface area contributed by atoms with Crippen LogP contribution >= 0.6 is 0 Å². The highest BCUT2D eigenvalue weighted by Gasteiger charge is 2.26. The van der Waals surface area contributed by atoms with Crippen molar-refractivity contribution in [3.8, 4) is 0 Å². The van der Waals surface area contributed by atoms with Crippen molar-refractivity contribution in [2.45, 2.75) is 64.0 Å². The lowest BCUT2D eigenvalue weighted by atomic mass is 9.93. The molecule has 0 aromatic carbocycles. The number of ether oxygens (including phenoxy) is 1. The monoisotopic (exact) mass is 426 g/mol. The fourth-order valence-electron chi connectivity index (χ4n) is 4.08. The van der Waals surface area contributed by atoms with Gasteiger partial charge in [0.15, 0.2) is 0 Å². The summed E-state index contributed by atoms with van der Waals surface area (Å²) in [6.45, 7) is 6.69. The summed E-state index contributed by atoms with van der Waals surface area (Å²) < 4.78 is 30.2. The number of likely N-dealkylation sites (tertiary alicyclic amines) is 1. The highest BCUT2D eigenvalue weighted by Crippen LogP contribution is 2.23. The van der Waals surface area contributed by atoms with Gasteiger partial charge >= 0.3 is 5.97 Å². The Kier molecular flexibility index (Phi) is 8.70. The highest BCUT2D eigenvalue weighted by molar-refractivity contribution is 7.88. The van der Waals surface area contributed by atoms with Gasteiger partial charge < -0.3 is 15.0 Å². The maximum atomic E-state index is 12.4. The topological polar surface area (TPSA) is 100 Å². The number of piperidine rings is 1. The summed E-state index contributed by atoms with van der Waals surface area (Å²) in [6, 6.07) is 1.08. The van der Waals surface area contributed by atoms with E-state index in [0.717, 1.165) is 32.2 Å². The van der Waals surface area contributed by atoms with Crippen LogP contribution in [0.25, 0.3) is 0 Å². The predicted octanol–water partition coefficient (Wildman–Crippen LogP) is 1.91. The third-order valence-corrected chi connectivity index (χ3v) is 6.07. The lowest BCUT2D eigenvalue weighted by Crippen LogP contribution is -2.46. The third kappa shape index (κ3) is 7.47. The van der Waals surface area contributed by atoms with E-state index >= 15 is 0 Å². The number of rotatable bonds is 8. The largest absolute Gasteiger partial charge is 0.465 e. The van der Waals surface area contributed by atoms with Crippen LogP contribution in [0.4, 0.5) is 0 Å².